The molecule has 104 valence electrons. The largest absolute Gasteiger partial charge is 0.465 e. The highest BCUT2D eigenvalue weighted by molar-refractivity contribution is 6.03. The molecule has 0 saturated heterocycles. The molecule has 0 N–H and O–H groups in total. The van der Waals surface area contributed by atoms with Crippen LogP contribution in [0.15, 0.2) is 34.9 Å². The van der Waals surface area contributed by atoms with E-state index >= 15 is 0 Å². The van der Waals surface area contributed by atoms with E-state index in [4.69, 9.17) is 9.26 Å². The Kier molecular flexibility index (Phi) is 4.14. The van der Waals surface area contributed by atoms with Gasteiger partial charge in [0.1, 0.15) is 18.1 Å². The van der Waals surface area contributed by atoms with Crippen molar-refractivity contribution in [2.45, 2.75) is 13.5 Å². The summed E-state index contributed by atoms with van der Waals surface area (Å²) in [7, 11) is 1.25. The molecule has 1 aromatic carbocycles. The first-order chi connectivity index (χ1) is 9.61. The molecule has 0 spiro atoms. The van der Waals surface area contributed by atoms with Crippen LogP contribution >= 0.6 is 0 Å². The normalized spacial score (nSPS) is 10.1. The first-order valence-electron chi connectivity index (χ1n) is 5.88. The van der Waals surface area contributed by atoms with E-state index in [1.165, 1.54) is 19.2 Å². The van der Waals surface area contributed by atoms with Crippen molar-refractivity contribution in [3.8, 4) is 0 Å². The van der Waals surface area contributed by atoms with Crippen molar-refractivity contribution >= 4 is 11.9 Å². The van der Waals surface area contributed by atoms with Crippen molar-refractivity contribution in [3.63, 3.8) is 0 Å². The van der Waals surface area contributed by atoms with E-state index in [0.29, 0.717) is 11.5 Å². The fourth-order valence-corrected chi connectivity index (χ4v) is 1.65. The van der Waals surface area contributed by atoms with Crippen molar-refractivity contribution in [2.24, 2.45) is 0 Å². The van der Waals surface area contributed by atoms with E-state index in [1.54, 1.807) is 25.1 Å². The van der Waals surface area contributed by atoms with Crippen molar-refractivity contribution in [1.82, 2.24) is 5.16 Å². The lowest BCUT2D eigenvalue weighted by atomic mass is 10.1. The summed E-state index contributed by atoms with van der Waals surface area (Å²) in [5, 5.41) is 3.71. The number of rotatable bonds is 4. The Bertz CT molecular complexity index is 632. The molecule has 0 aliphatic rings. The minimum Gasteiger partial charge on any atom is -0.465 e. The molecule has 0 bridgehead atoms. The summed E-state index contributed by atoms with van der Waals surface area (Å²) in [4.78, 5) is 23.5. The first kappa shape index (κ1) is 13.8. The molecule has 0 saturated carbocycles. The summed E-state index contributed by atoms with van der Waals surface area (Å²) < 4.78 is 14.6. The molecule has 6 nitrogen and oxygen atoms in total. The van der Waals surface area contributed by atoms with Crippen LogP contribution in [0, 0.1) is 6.92 Å². The molecule has 0 unspecified atom stereocenters. The highest BCUT2D eigenvalue weighted by Gasteiger charge is 2.18. The molecule has 20 heavy (non-hydrogen) atoms. The number of aryl methyl sites for hydroxylation is 1. The lowest BCUT2D eigenvalue weighted by Gasteiger charge is -2.07. The van der Waals surface area contributed by atoms with Gasteiger partial charge in [0.05, 0.1) is 18.2 Å². The van der Waals surface area contributed by atoms with Gasteiger partial charge in [0.2, 0.25) is 0 Å². The van der Waals surface area contributed by atoms with Gasteiger partial charge in [-0.1, -0.05) is 17.3 Å². The van der Waals surface area contributed by atoms with Gasteiger partial charge in [0.25, 0.3) is 0 Å². The van der Waals surface area contributed by atoms with Crippen LogP contribution < -0.4 is 0 Å². The molecule has 0 fully saturated rings. The van der Waals surface area contributed by atoms with Gasteiger partial charge < -0.3 is 14.0 Å². The van der Waals surface area contributed by atoms with Crippen LogP contribution in [-0.4, -0.2) is 24.2 Å². The van der Waals surface area contributed by atoms with Gasteiger partial charge in [-0.15, -0.1) is 0 Å². The summed E-state index contributed by atoms with van der Waals surface area (Å²) in [6.07, 6.45) is 0. The third kappa shape index (κ3) is 3.03. The molecule has 0 aliphatic heterocycles. The average molecular weight is 275 g/mol. The van der Waals surface area contributed by atoms with Gasteiger partial charge in [-0.25, -0.2) is 9.59 Å². The highest BCUT2D eigenvalue weighted by Crippen LogP contribution is 2.13. The molecule has 1 aromatic heterocycles. The Morgan fingerprint density at radius 2 is 1.85 bits per heavy atom. The Morgan fingerprint density at radius 1 is 1.20 bits per heavy atom. The third-order valence-electron chi connectivity index (χ3n) is 2.58. The second kappa shape index (κ2) is 6.01. The fraction of sp³-hybridized carbons (Fsp3) is 0.214. The molecular weight excluding hydrogens is 262 g/mol. The van der Waals surface area contributed by atoms with Crippen molar-refractivity contribution in [3.05, 3.63) is 52.9 Å². The van der Waals surface area contributed by atoms with Crippen LogP contribution in [0.3, 0.4) is 0 Å². The van der Waals surface area contributed by atoms with E-state index < -0.39 is 11.9 Å². The van der Waals surface area contributed by atoms with Crippen LogP contribution in [0.5, 0.6) is 0 Å². The minimum atomic E-state index is -0.619. The van der Waals surface area contributed by atoms with Crippen LogP contribution in [0.25, 0.3) is 0 Å². The molecule has 0 radical (unpaired) electrons. The lowest BCUT2D eigenvalue weighted by Crippen LogP contribution is -2.12. The summed E-state index contributed by atoms with van der Waals surface area (Å²) in [5.41, 5.74) is 0.822. The van der Waals surface area contributed by atoms with Crippen LogP contribution in [0.4, 0.5) is 0 Å². The maximum atomic E-state index is 12.0. The Hall–Kier alpha value is -2.63. The number of hydrogen-bond acceptors (Lipinski definition) is 6. The number of aromatic nitrogens is 1. The molecule has 0 aliphatic carbocycles. The molecule has 2 aromatic rings. The first-order valence-corrected chi connectivity index (χ1v) is 5.88. The van der Waals surface area contributed by atoms with Gasteiger partial charge in [0.15, 0.2) is 0 Å². The third-order valence-corrected chi connectivity index (χ3v) is 2.58. The molecular formula is C14H13NO5. The number of hydrogen-bond donors (Lipinski definition) is 0. The van der Waals surface area contributed by atoms with Crippen LogP contribution in [-0.2, 0) is 16.1 Å². The Labute approximate surface area is 115 Å². The number of methoxy groups -OCH3 is 1. The van der Waals surface area contributed by atoms with Gasteiger partial charge in [0, 0.05) is 6.07 Å². The minimum absolute atomic E-state index is 0.0221. The maximum Gasteiger partial charge on any atom is 0.339 e. The Morgan fingerprint density at radius 3 is 2.40 bits per heavy atom. The van der Waals surface area contributed by atoms with Gasteiger partial charge in [-0.3, -0.25) is 0 Å². The molecule has 6 heteroatoms. The maximum absolute atomic E-state index is 12.0. The van der Waals surface area contributed by atoms with E-state index in [2.05, 4.69) is 9.89 Å². The topological polar surface area (TPSA) is 78.6 Å². The van der Waals surface area contributed by atoms with Crippen molar-refractivity contribution in [1.29, 1.82) is 0 Å². The Balaban J connectivity index is 2.11. The predicted molar refractivity (Wildman–Crippen MR) is 68.1 cm³/mol. The van der Waals surface area contributed by atoms with E-state index in [9.17, 15) is 9.59 Å². The van der Waals surface area contributed by atoms with Crippen LogP contribution in [0.2, 0.25) is 0 Å². The average Bonchev–Trinajstić information content (AvgIpc) is 2.89. The number of benzene rings is 1. The summed E-state index contributed by atoms with van der Waals surface area (Å²) in [6, 6.07) is 7.96. The summed E-state index contributed by atoms with van der Waals surface area (Å²) in [6.45, 7) is 1.72. The van der Waals surface area contributed by atoms with Crippen LogP contribution in [0.1, 0.15) is 32.2 Å². The van der Waals surface area contributed by atoms with Gasteiger partial charge in [-0.05, 0) is 19.1 Å². The number of carbonyl (C=O) groups excluding carboxylic acids is 2. The second-order valence-corrected chi connectivity index (χ2v) is 4.04. The number of esters is 2. The number of carbonyl (C=O) groups is 2. The number of nitrogens with zero attached hydrogens (tertiary/aromatic N) is 1. The monoisotopic (exact) mass is 275 g/mol. The fourth-order valence-electron chi connectivity index (χ4n) is 1.65. The lowest BCUT2D eigenvalue weighted by molar-refractivity contribution is 0.0450. The van der Waals surface area contributed by atoms with Gasteiger partial charge in [-0.2, -0.15) is 0 Å². The zero-order valence-corrected chi connectivity index (χ0v) is 11.1. The zero-order chi connectivity index (χ0) is 14.5. The predicted octanol–water partition coefficient (Wildman–Crippen LogP) is 2.13. The quantitative estimate of drug-likeness (QED) is 0.795. The molecule has 0 atom stereocenters. The summed E-state index contributed by atoms with van der Waals surface area (Å²) >= 11 is 0. The molecule has 2 rings (SSSR count). The smallest absolute Gasteiger partial charge is 0.339 e. The second-order valence-electron chi connectivity index (χ2n) is 4.04. The van der Waals surface area contributed by atoms with Crippen molar-refractivity contribution < 1.29 is 23.6 Å². The summed E-state index contributed by atoms with van der Waals surface area (Å²) in [5.74, 6) is -0.576. The highest BCUT2D eigenvalue weighted by atomic mass is 16.5. The van der Waals surface area contributed by atoms with Gasteiger partial charge >= 0.3 is 11.9 Å². The van der Waals surface area contributed by atoms with E-state index in [1.807, 2.05) is 0 Å². The number of ether oxygens (including phenoxy) is 2. The zero-order valence-electron chi connectivity index (χ0n) is 11.1. The van der Waals surface area contributed by atoms with E-state index in [0.717, 1.165) is 0 Å². The molecule has 1 heterocycles. The van der Waals surface area contributed by atoms with Crippen molar-refractivity contribution in [2.75, 3.05) is 7.11 Å². The standard InChI is InChI=1S/C14H13NO5/c1-9-7-10(15-20-9)8-19-14(17)12-6-4-3-5-11(12)13(16)18-2/h3-7H,8H2,1-2H3. The van der Waals surface area contributed by atoms with E-state index in [-0.39, 0.29) is 17.7 Å². The molecule has 0 amide bonds. The SMILES string of the molecule is COC(=O)c1ccccc1C(=O)OCc1cc(C)on1.